The van der Waals surface area contributed by atoms with Gasteiger partial charge in [0.2, 0.25) is 22.9 Å². The van der Waals surface area contributed by atoms with Crippen molar-refractivity contribution in [2.75, 3.05) is 11.9 Å². The molecule has 18 nitrogen and oxygen atoms in total. The number of benzene rings is 1. The summed E-state index contributed by atoms with van der Waals surface area (Å²) < 4.78 is 39.3. The fraction of sp³-hybridized carbons (Fsp3) is 0.556. The van der Waals surface area contributed by atoms with Crippen molar-refractivity contribution in [3.05, 3.63) is 47.5 Å². The van der Waals surface area contributed by atoms with Gasteiger partial charge >= 0.3 is 12.2 Å². The molecule has 0 spiro atoms. The number of hydrogen-bond acceptors (Lipinski definition) is 13. The van der Waals surface area contributed by atoms with Crippen LogP contribution in [-0.2, 0) is 51.8 Å². The molecule has 1 aliphatic carbocycles. The Labute approximate surface area is 328 Å². The highest BCUT2D eigenvalue weighted by molar-refractivity contribution is 7.92. The van der Waals surface area contributed by atoms with Gasteiger partial charge in [-0.2, -0.15) is 8.42 Å². The number of anilines is 1. The predicted molar refractivity (Wildman–Crippen MR) is 200 cm³/mol. The van der Waals surface area contributed by atoms with Gasteiger partial charge in [-0.3, -0.25) is 24.1 Å². The maximum atomic E-state index is 14.4. The van der Waals surface area contributed by atoms with E-state index in [9.17, 15) is 37.2 Å². The Morgan fingerprint density at radius 1 is 1.04 bits per heavy atom. The van der Waals surface area contributed by atoms with Gasteiger partial charge in [-0.1, -0.05) is 60.6 Å². The van der Waals surface area contributed by atoms with Gasteiger partial charge in [-0.05, 0) is 57.6 Å². The first-order valence-electron chi connectivity index (χ1n) is 18.4. The number of ether oxygens (including phenoxy) is 2. The van der Waals surface area contributed by atoms with Crippen molar-refractivity contribution in [3.8, 4) is 0 Å². The second-order valence-corrected chi connectivity index (χ2v) is 18.2. The summed E-state index contributed by atoms with van der Waals surface area (Å²) in [6.45, 7) is 6.77. The number of sulfonamides is 1. The minimum absolute atomic E-state index is 0.0568. The Bertz CT molecular complexity index is 2010. The molecule has 1 aromatic heterocycles. The maximum absolute atomic E-state index is 14.4. The fourth-order valence-corrected chi connectivity index (χ4v) is 9.06. The largest absolute Gasteiger partial charge is 0.444 e. The highest BCUT2D eigenvalue weighted by atomic mass is 32.2. The number of aromatic nitrogens is 2. The normalized spacial score (nSPS) is 25.9. The lowest BCUT2D eigenvalue weighted by atomic mass is 10.0. The van der Waals surface area contributed by atoms with Crippen molar-refractivity contribution in [1.82, 2.24) is 35.4 Å². The van der Waals surface area contributed by atoms with Crippen LogP contribution in [0, 0.1) is 5.92 Å². The van der Waals surface area contributed by atoms with Crippen LogP contribution in [0.1, 0.15) is 83.8 Å². The third kappa shape index (κ3) is 9.46. The number of nitrogens with zero attached hydrogens (tertiary/aromatic N) is 4. The number of rotatable bonds is 6. The molecular formula is C36H46N8O10S2. The molecule has 0 unspecified atom stereocenters. The second kappa shape index (κ2) is 16.2. The molecule has 6 rings (SSSR count). The number of carbonyl (C=O) groups excluding carboxylic acids is 6. The summed E-state index contributed by atoms with van der Waals surface area (Å²) >= 11 is 0.539. The molecule has 4 aliphatic rings. The van der Waals surface area contributed by atoms with E-state index in [4.69, 9.17) is 9.47 Å². The van der Waals surface area contributed by atoms with Crippen LogP contribution in [0.4, 0.5) is 14.7 Å². The van der Waals surface area contributed by atoms with Crippen molar-refractivity contribution in [2.45, 2.75) is 119 Å². The first-order valence-corrected chi connectivity index (χ1v) is 20.7. The van der Waals surface area contributed by atoms with E-state index in [1.165, 1.54) is 16.7 Å². The molecule has 2 fully saturated rings. The van der Waals surface area contributed by atoms with Gasteiger partial charge in [0.15, 0.2) is 0 Å². The van der Waals surface area contributed by atoms with Crippen molar-refractivity contribution in [3.63, 3.8) is 0 Å². The molecule has 302 valence electrons. The smallest absolute Gasteiger partial charge is 0.410 e. The lowest BCUT2D eigenvalue weighted by molar-refractivity contribution is -0.141. The third-order valence-electron chi connectivity index (χ3n) is 9.85. The van der Waals surface area contributed by atoms with Crippen LogP contribution >= 0.6 is 11.3 Å². The molecule has 5 atom stereocenters. The maximum Gasteiger partial charge on any atom is 0.410 e. The second-order valence-electron chi connectivity index (χ2n) is 15.4. The van der Waals surface area contributed by atoms with Crippen molar-refractivity contribution in [2.24, 2.45) is 5.92 Å². The van der Waals surface area contributed by atoms with Gasteiger partial charge < -0.3 is 30.3 Å². The molecule has 3 aliphatic heterocycles. The topological polar surface area (TPSA) is 235 Å². The summed E-state index contributed by atoms with van der Waals surface area (Å²) in [6, 6.07) is 5.25. The summed E-state index contributed by atoms with van der Waals surface area (Å²) in [4.78, 5) is 83.2. The Kier molecular flexibility index (Phi) is 11.7. The quantitative estimate of drug-likeness (QED) is 0.244. The van der Waals surface area contributed by atoms with Gasteiger partial charge in [-0.15, -0.1) is 10.2 Å². The number of nitrogens with one attached hydrogen (secondary N) is 4. The summed E-state index contributed by atoms with van der Waals surface area (Å²) in [6.07, 6.45) is 4.00. The first kappa shape index (κ1) is 40.6. The average Bonchev–Trinajstić information content (AvgIpc) is 3.50. The van der Waals surface area contributed by atoms with E-state index in [0.717, 1.165) is 17.5 Å². The summed E-state index contributed by atoms with van der Waals surface area (Å²) in [5.74, 6) is -3.49. The van der Waals surface area contributed by atoms with E-state index in [2.05, 4.69) is 26.1 Å². The Hall–Kier alpha value is -5.11. The van der Waals surface area contributed by atoms with Gasteiger partial charge in [0.1, 0.15) is 29.3 Å². The molecule has 1 saturated heterocycles. The predicted octanol–water partition coefficient (Wildman–Crippen LogP) is 2.71. The van der Waals surface area contributed by atoms with Crippen LogP contribution < -0.4 is 20.7 Å². The van der Waals surface area contributed by atoms with E-state index in [0.29, 0.717) is 43.7 Å². The fourth-order valence-electron chi connectivity index (χ4n) is 7.07. The highest BCUT2D eigenvalue weighted by Crippen LogP contribution is 2.46. The Morgan fingerprint density at radius 2 is 1.75 bits per heavy atom. The molecule has 0 radical (unpaired) electrons. The number of alkyl carbamates (subject to hydrolysis) is 1. The average molecular weight is 815 g/mol. The lowest BCUT2D eigenvalue weighted by Gasteiger charge is -2.30. The number of hydrogen-bond donors (Lipinski definition) is 4. The Morgan fingerprint density at radius 3 is 2.43 bits per heavy atom. The zero-order valence-electron chi connectivity index (χ0n) is 31.5. The Balaban J connectivity index is 1.25. The zero-order valence-corrected chi connectivity index (χ0v) is 33.2. The molecule has 1 aromatic carbocycles. The number of amides is 6. The molecule has 1 saturated carbocycles. The monoisotopic (exact) mass is 814 g/mol. The molecule has 20 heteroatoms. The van der Waals surface area contributed by atoms with Crippen LogP contribution in [0.3, 0.4) is 0 Å². The van der Waals surface area contributed by atoms with Crippen molar-refractivity contribution in [1.29, 1.82) is 0 Å². The number of allylic oxidation sites excluding steroid dienone is 1. The molecule has 56 heavy (non-hydrogen) atoms. The number of carbonyl (C=O) groups is 6. The van der Waals surface area contributed by atoms with Crippen LogP contribution in [0.25, 0.3) is 0 Å². The van der Waals surface area contributed by atoms with Gasteiger partial charge in [-0.25, -0.2) is 14.3 Å². The molecular weight excluding hydrogens is 769 g/mol. The molecule has 6 amide bonds. The van der Waals surface area contributed by atoms with Gasteiger partial charge in [0.25, 0.3) is 20.3 Å². The van der Waals surface area contributed by atoms with E-state index in [-0.39, 0.29) is 30.9 Å². The highest BCUT2D eigenvalue weighted by Gasteiger charge is 2.62. The first-order chi connectivity index (χ1) is 26.4. The zero-order chi connectivity index (χ0) is 40.4. The van der Waals surface area contributed by atoms with Crippen LogP contribution in [-0.4, -0.2) is 100 Å². The molecule has 4 N–H and O–H groups in total. The molecule has 2 aromatic rings. The van der Waals surface area contributed by atoms with E-state index in [1.54, 1.807) is 26.8 Å². The lowest BCUT2D eigenvalue weighted by Crippen LogP contribution is -2.58. The van der Waals surface area contributed by atoms with Crippen molar-refractivity contribution >= 4 is 62.3 Å². The van der Waals surface area contributed by atoms with E-state index in [1.807, 2.05) is 35.1 Å². The standard InChI is InChI=1S/C36H46N8O10S2/c1-21(45)37-31-40-41-33(55-31)56(51,52)42-30(48)36-17-24(36)14-8-6-5-7-9-15-26(38-32(49)54-35(2,3)4)29(47)44-20-25(16-27(44)28(46)39-36)53-34(50)43-18-22-12-10-11-13-23(22)19-43/h8,10-14,24-27H,5-7,9,15-20H2,1-4H3,(H,38,49)(H,39,46)(H,42,48)(H,37,40,45)/b14-8-/t24-,25-,26+,27+,36-/m1/s1. The minimum atomic E-state index is -4.59. The number of fused-ring (bicyclic) bond motifs is 3. The molecule has 4 heterocycles. The summed E-state index contributed by atoms with van der Waals surface area (Å²) in [7, 11) is -4.59. The van der Waals surface area contributed by atoms with Crippen molar-refractivity contribution < 1.29 is 46.7 Å². The van der Waals surface area contributed by atoms with E-state index >= 15 is 0 Å². The van der Waals surface area contributed by atoms with Gasteiger partial charge in [0.05, 0.1) is 6.54 Å². The summed E-state index contributed by atoms with van der Waals surface area (Å²) in [5, 5.41) is 14.9. The van der Waals surface area contributed by atoms with Crippen LogP contribution in [0.2, 0.25) is 0 Å². The third-order valence-corrected chi connectivity index (χ3v) is 12.4. The minimum Gasteiger partial charge on any atom is -0.444 e. The van der Waals surface area contributed by atoms with Crippen LogP contribution in [0.5, 0.6) is 0 Å². The van der Waals surface area contributed by atoms with E-state index < -0.39 is 85.4 Å². The summed E-state index contributed by atoms with van der Waals surface area (Å²) in [5.41, 5.74) is -0.610. The van der Waals surface area contributed by atoms with Crippen LogP contribution in [0.15, 0.2) is 40.8 Å². The SMILES string of the molecule is CC(=O)Nc1nnc(S(=O)(=O)NC(=O)[C@@]23C[C@H]2/C=C\CCCCC[C@H](NC(=O)OC(C)(C)C)C(=O)N2C[C@H](OC(=O)N4Cc5ccccc5C4)C[C@H]2C(=O)N3)s1. The van der Waals surface area contributed by atoms with Gasteiger partial charge in [0, 0.05) is 32.4 Å². The molecule has 0 bridgehead atoms.